The Morgan fingerprint density at radius 1 is 1.25 bits per heavy atom. The SMILES string of the molecule is CCOC(=O)C1=C(C)N=c2s/c(=C\c3cccc(F)c3)c(=O)n2C1c1ccc(OC)cc1. The van der Waals surface area contributed by atoms with Crippen LogP contribution in [-0.2, 0) is 9.53 Å². The molecule has 8 heteroatoms. The summed E-state index contributed by atoms with van der Waals surface area (Å²) < 4.78 is 26.0. The van der Waals surface area contributed by atoms with Crippen LogP contribution in [0.25, 0.3) is 6.08 Å². The summed E-state index contributed by atoms with van der Waals surface area (Å²) in [6, 6.07) is 12.5. The molecule has 3 aromatic rings. The topological polar surface area (TPSA) is 69.9 Å². The number of aromatic nitrogens is 1. The van der Waals surface area contributed by atoms with Crippen LogP contribution >= 0.6 is 11.3 Å². The predicted octanol–water partition coefficient (Wildman–Crippen LogP) is 2.95. The number of nitrogens with zero attached hydrogens (tertiary/aromatic N) is 2. The number of hydrogen-bond acceptors (Lipinski definition) is 6. The molecule has 0 saturated heterocycles. The lowest BCUT2D eigenvalue weighted by Crippen LogP contribution is -2.39. The summed E-state index contributed by atoms with van der Waals surface area (Å²) in [5.74, 6) is -0.247. The largest absolute Gasteiger partial charge is 0.497 e. The Kier molecular flexibility index (Phi) is 6.05. The van der Waals surface area contributed by atoms with E-state index in [-0.39, 0.29) is 18.0 Å². The molecule has 1 atom stereocenters. The van der Waals surface area contributed by atoms with Gasteiger partial charge in [0, 0.05) is 0 Å². The van der Waals surface area contributed by atoms with E-state index in [0.717, 1.165) is 5.56 Å². The van der Waals surface area contributed by atoms with Gasteiger partial charge < -0.3 is 9.47 Å². The van der Waals surface area contributed by atoms with E-state index in [1.165, 1.54) is 28.0 Å². The monoisotopic (exact) mass is 452 g/mol. The molecule has 1 aliphatic rings. The van der Waals surface area contributed by atoms with Gasteiger partial charge in [-0.15, -0.1) is 0 Å². The van der Waals surface area contributed by atoms with Gasteiger partial charge >= 0.3 is 5.97 Å². The normalized spacial score (nSPS) is 15.9. The summed E-state index contributed by atoms with van der Waals surface area (Å²) in [5, 5.41) is 0. The molecular weight excluding hydrogens is 431 g/mol. The fourth-order valence-corrected chi connectivity index (χ4v) is 4.69. The second-order valence-electron chi connectivity index (χ2n) is 7.13. The zero-order chi connectivity index (χ0) is 22.8. The van der Waals surface area contributed by atoms with Crippen LogP contribution in [0.1, 0.15) is 31.0 Å². The third-order valence-electron chi connectivity index (χ3n) is 5.10. The summed E-state index contributed by atoms with van der Waals surface area (Å²) >= 11 is 1.19. The van der Waals surface area contributed by atoms with Crippen molar-refractivity contribution in [3.63, 3.8) is 0 Å². The molecule has 1 aromatic heterocycles. The first-order valence-electron chi connectivity index (χ1n) is 10.0. The van der Waals surface area contributed by atoms with Gasteiger partial charge in [0.2, 0.25) is 0 Å². The van der Waals surface area contributed by atoms with Gasteiger partial charge in [0.1, 0.15) is 11.6 Å². The number of ether oxygens (including phenoxy) is 2. The molecular formula is C24H21FN2O4S. The average molecular weight is 453 g/mol. The van der Waals surface area contributed by atoms with E-state index in [9.17, 15) is 14.0 Å². The highest BCUT2D eigenvalue weighted by molar-refractivity contribution is 7.07. The standard InChI is InChI=1S/C24H21FN2O4S/c1-4-31-23(29)20-14(2)26-24-27(21(20)16-8-10-18(30-3)11-9-16)22(28)19(32-24)13-15-6-5-7-17(25)12-15/h5-13,21H,4H2,1-3H3/b19-13-. The first-order chi connectivity index (χ1) is 15.4. The number of rotatable bonds is 5. The number of hydrogen-bond donors (Lipinski definition) is 0. The van der Waals surface area contributed by atoms with Gasteiger partial charge in [0.15, 0.2) is 4.80 Å². The van der Waals surface area contributed by atoms with Crippen LogP contribution in [0.5, 0.6) is 5.75 Å². The highest BCUT2D eigenvalue weighted by atomic mass is 32.1. The minimum Gasteiger partial charge on any atom is -0.497 e. The molecule has 2 heterocycles. The van der Waals surface area contributed by atoms with E-state index in [0.29, 0.717) is 31.9 Å². The smallest absolute Gasteiger partial charge is 0.338 e. The molecule has 0 bridgehead atoms. The maximum Gasteiger partial charge on any atom is 0.338 e. The molecule has 0 N–H and O–H groups in total. The predicted molar refractivity (Wildman–Crippen MR) is 120 cm³/mol. The number of carbonyl (C=O) groups excluding carboxylic acids is 1. The number of carbonyl (C=O) groups is 1. The van der Waals surface area contributed by atoms with Crippen molar-refractivity contribution < 1.29 is 18.7 Å². The van der Waals surface area contributed by atoms with Crippen molar-refractivity contribution in [3.8, 4) is 5.75 Å². The molecule has 0 aliphatic carbocycles. The zero-order valence-electron chi connectivity index (χ0n) is 17.8. The van der Waals surface area contributed by atoms with Crippen molar-refractivity contribution in [2.75, 3.05) is 13.7 Å². The van der Waals surface area contributed by atoms with E-state index in [4.69, 9.17) is 9.47 Å². The van der Waals surface area contributed by atoms with Crippen molar-refractivity contribution in [1.29, 1.82) is 0 Å². The average Bonchev–Trinajstić information content (AvgIpc) is 3.07. The molecule has 0 amide bonds. The summed E-state index contributed by atoms with van der Waals surface area (Å²) in [4.78, 5) is 31.3. The molecule has 32 heavy (non-hydrogen) atoms. The summed E-state index contributed by atoms with van der Waals surface area (Å²) in [7, 11) is 1.57. The first-order valence-corrected chi connectivity index (χ1v) is 10.8. The number of halogens is 1. The maximum atomic E-state index is 13.6. The Labute approximate surface area is 187 Å². The van der Waals surface area contributed by atoms with Crippen molar-refractivity contribution in [2.45, 2.75) is 19.9 Å². The molecule has 2 aromatic carbocycles. The Hall–Kier alpha value is -3.52. The van der Waals surface area contributed by atoms with Gasteiger partial charge in [-0.25, -0.2) is 14.2 Å². The fourth-order valence-electron chi connectivity index (χ4n) is 3.64. The summed E-state index contributed by atoms with van der Waals surface area (Å²) in [6.07, 6.45) is 1.63. The van der Waals surface area contributed by atoms with Crippen LogP contribution in [0.15, 0.2) is 69.6 Å². The number of thiazole rings is 1. The van der Waals surface area contributed by atoms with Crippen LogP contribution in [0.4, 0.5) is 4.39 Å². The molecule has 4 rings (SSSR count). The molecule has 0 radical (unpaired) electrons. The number of fused-ring (bicyclic) bond motifs is 1. The highest BCUT2D eigenvalue weighted by Gasteiger charge is 2.33. The number of esters is 1. The molecule has 0 fully saturated rings. The van der Waals surface area contributed by atoms with Crippen LogP contribution in [0, 0.1) is 5.82 Å². The van der Waals surface area contributed by atoms with E-state index >= 15 is 0 Å². The minimum atomic E-state index is -0.703. The lowest BCUT2D eigenvalue weighted by atomic mass is 9.96. The van der Waals surface area contributed by atoms with E-state index in [1.54, 1.807) is 51.3 Å². The molecule has 0 spiro atoms. The van der Waals surface area contributed by atoms with Gasteiger partial charge in [-0.1, -0.05) is 35.6 Å². The van der Waals surface area contributed by atoms with Crippen LogP contribution in [0.2, 0.25) is 0 Å². The Morgan fingerprint density at radius 2 is 2.00 bits per heavy atom. The summed E-state index contributed by atoms with van der Waals surface area (Å²) in [6.45, 7) is 3.66. The van der Waals surface area contributed by atoms with E-state index in [2.05, 4.69) is 4.99 Å². The molecule has 164 valence electrons. The van der Waals surface area contributed by atoms with Gasteiger partial charge in [0.25, 0.3) is 5.56 Å². The van der Waals surface area contributed by atoms with Crippen LogP contribution in [0.3, 0.4) is 0 Å². The fraction of sp³-hybridized carbons (Fsp3) is 0.208. The van der Waals surface area contributed by atoms with Crippen molar-refractivity contribution in [2.24, 2.45) is 4.99 Å². The third kappa shape index (κ3) is 4.01. The molecule has 1 aliphatic heterocycles. The zero-order valence-corrected chi connectivity index (χ0v) is 18.6. The van der Waals surface area contributed by atoms with Crippen LogP contribution < -0.4 is 19.6 Å². The summed E-state index contributed by atoms with van der Waals surface area (Å²) in [5.41, 5.74) is 1.77. The second kappa shape index (κ2) is 8.92. The van der Waals surface area contributed by atoms with Crippen molar-refractivity contribution >= 4 is 23.4 Å². The second-order valence-corrected chi connectivity index (χ2v) is 8.14. The van der Waals surface area contributed by atoms with Crippen molar-refractivity contribution in [3.05, 3.63) is 96.4 Å². The quantitative estimate of drug-likeness (QED) is 0.558. The number of benzene rings is 2. The number of allylic oxidation sites excluding steroid dienone is 1. The van der Waals surface area contributed by atoms with Gasteiger partial charge in [0.05, 0.1) is 35.6 Å². The third-order valence-corrected chi connectivity index (χ3v) is 6.08. The Morgan fingerprint density at radius 3 is 2.66 bits per heavy atom. The minimum absolute atomic E-state index is 0.203. The van der Waals surface area contributed by atoms with E-state index in [1.807, 2.05) is 12.1 Å². The van der Waals surface area contributed by atoms with Gasteiger partial charge in [-0.05, 0) is 55.3 Å². The molecule has 0 saturated carbocycles. The number of methoxy groups -OCH3 is 1. The van der Waals surface area contributed by atoms with Gasteiger partial charge in [-0.3, -0.25) is 9.36 Å². The molecule has 1 unspecified atom stereocenters. The van der Waals surface area contributed by atoms with Crippen LogP contribution in [-0.4, -0.2) is 24.3 Å². The molecule has 6 nitrogen and oxygen atoms in total. The van der Waals surface area contributed by atoms with Gasteiger partial charge in [-0.2, -0.15) is 0 Å². The van der Waals surface area contributed by atoms with E-state index < -0.39 is 12.0 Å². The maximum absolute atomic E-state index is 13.6. The first kappa shape index (κ1) is 21.7. The Balaban J connectivity index is 1.94. The lowest BCUT2D eigenvalue weighted by Gasteiger charge is -2.24. The Bertz CT molecular complexity index is 1390. The highest BCUT2D eigenvalue weighted by Crippen LogP contribution is 2.31. The van der Waals surface area contributed by atoms with Crippen molar-refractivity contribution in [1.82, 2.24) is 4.57 Å². The lowest BCUT2D eigenvalue weighted by molar-refractivity contribution is -0.139.